The van der Waals surface area contributed by atoms with Crippen LogP contribution in [-0.4, -0.2) is 36.1 Å². The number of anilines is 1. The summed E-state index contributed by atoms with van der Waals surface area (Å²) in [6.45, 7) is 4.04. The molecule has 5 heteroatoms. The Morgan fingerprint density at radius 3 is 2.95 bits per heavy atom. The number of aromatic nitrogens is 1. The third kappa shape index (κ3) is 2.50. The molecule has 0 bridgehead atoms. The van der Waals surface area contributed by atoms with Gasteiger partial charge in [-0.15, -0.1) is 0 Å². The second kappa shape index (κ2) is 5.40. The van der Waals surface area contributed by atoms with Crippen molar-refractivity contribution in [1.29, 1.82) is 0 Å². The number of carbonyl (C=O) groups is 1. The fraction of sp³-hybridized carbons (Fsp3) is 0.600. The number of pyridine rings is 1. The van der Waals surface area contributed by atoms with E-state index in [0.29, 0.717) is 17.6 Å². The standard InChI is InChI=1S/C15H22N4O/c1-10-8-11(15(16)20)9-14(18-10)19-7-3-5-13(19)12-4-2-6-17-12/h8-9,12-13,17H,2-7H2,1H3,(H2,16,20). The molecule has 0 aromatic carbocycles. The number of hydrogen-bond acceptors (Lipinski definition) is 4. The van der Waals surface area contributed by atoms with Crippen molar-refractivity contribution in [1.82, 2.24) is 10.3 Å². The monoisotopic (exact) mass is 274 g/mol. The van der Waals surface area contributed by atoms with Gasteiger partial charge in [-0.2, -0.15) is 0 Å². The summed E-state index contributed by atoms with van der Waals surface area (Å²) < 4.78 is 0. The van der Waals surface area contributed by atoms with E-state index in [9.17, 15) is 4.79 Å². The highest BCUT2D eigenvalue weighted by Crippen LogP contribution is 2.29. The summed E-state index contributed by atoms with van der Waals surface area (Å²) in [5.41, 5.74) is 6.81. The van der Waals surface area contributed by atoms with Gasteiger partial charge in [-0.25, -0.2) is 4.98 Å². The molecule has 3 N–H and O–H groups in total. The molecule has 1 amide bonds. The molecule has 0 aliphatic carbocycles. The maximum absolute atomic E-state index is 11.4. The highest BCUT2D eigenvalue weighted by molar-refractivity contribution is 5.93. The van der Waals surface area contributed by atoms with E-state index in [0.717, 1.165) is 24.6 Å². The van der Waals surface area contributed by atoms with Crippen LogP contribution in [0.2, 0.25) is 0 Å². The van der Waals surface area contributed by atoms with Crippen molar-refractivity contribution in [2.45, 2.75) is 44.7 Å². The first-order valence-corrected chi connectivity index (χ1v) is 7.43. The highest BCUT2D eigenvalue weighted by atomic mass is 16.1. The summed E-state index contributed by atoms with van der Waals surface area (Å²) in [4.78, 5) is 18.4. The molecule has 2 atom stereocenters. The Bertz CT molecular complexity index is 511. The van der Waals surface area contributed by atoms with Gasteiger partial charge in [-0.1, -0.05) is 0 Å². The lowest BCUT2D eigenvalue weighted by molar-refractivity contribution is 0.1000. The zero-order valence-electron chi connectivity index (χ0n) is 11.9. The number of amides is 1. The Kier molecular flexibility index (Phi) is 3.61. The molecule has 2 aliphatic rings. The summed E-state index contributed by atoms with van der Waals surface area (Å²) in [6, 6.07) is 4.64. The lowest BCUT2D eigenvalue weighted by Crippen LogP contribution is -2.44. The van der Waals surface area contributed by atoms with Gasteiger partial charge in [-0.05, 0) is 51.3 Å². The van der Waals surface area contributed by atoms with Gasteiger partial charge >= 0.3 is 0 Å². The van der Waals surface area contributed by atoms with Crippen LogP contribution in [0, 0.1) is 6.92 Å². The quantitative estimate of drug-likeness (QED) is 0.869. The second-order valence-corrected chi connectivity index (χ2v) is 5.83. The molecule has 5 nitrogen and oxygen atoms in total. The van der Waals surface area contributed by atoms with Crippen LogP contribution in [0.5, 0.6) is 0 Å². The molecule has 2 unspecified atom stereocenters. The van der Waals surface area contributed by atoms with Gasteiger partial charge in [-0.3, -0.25) is 4.79 Å². The van der Waals surface area contributed by atoms with Crippen molar-refractivity contribution in [2.75, 3.05) is 18.0 Å². The number of rotatable bonds is 3. The van der Waals surface area contributed by atoms with Gasteiger partial charge < -0.3 is 16.0 Å². The number of hydrogen-bond donors (Lipinski definition) is 2. The number of nitrogens with one attached hydrogen (secondary N) is 1. The Morgan fingerprint density at radius 1 is 1.40 bits per heavy atom. The van der Waals surface area contributed by atoms with Gasteiger partial charge in [0.15, 0.2) is 0 Å². The van der Waals surface area contributed by atoms with E-state index in [2.05, 4.69) is 15.2 Å². The van der Waals surface area contributed by atoms with Crippen LogP contribution in [-0.2, 0) is 0 Å². The number of nitrogens with two attached hydrogens (primary N) is 1. The van der Waals surface area contributed by atoms with E-state index in [1.807, 2.05) is 13.0 Å². The summed E-state index contributed by atoms with van der Waals surface area (Å²) in [7, 11) is 0. The van der Waals surface area contributed by atoms with Crippen LogP contribution in [0.3, 0.4) is 0 Å². The number of nitrogens with zero attached hydrogens (tertiary/aromatic N) is 2. The zero-order valence-corrected chi connectivity index (χ0v) is 11.9. The van der Waals surface area contributed by atoms with Crippen molar-refractivity contribution < 1.29 is 4.79 Å². The van der Waals surface area contributed by atoms with Crippen LogP contribution < -0.4 is 16.0 Å². The van der Waals surface area contributed by atoms with Crippen molar-refractivity contribution in [2.24, 2.45) is 5.73 Å². The van der Waals surface area contributed by atoms with Crippen LogP contribution in [0.1, 0.15) is 41.7 Å². The Labute approximate surface area is 119 Å². The number of carbonyl (C=O) groups excluding carboxylic acids is 1. The van der Waals surface area contributed by atoms with Gasteiger partial charge in [0.05, 0.1) is 0 Å². The van der Waals surface area contributed by atoms with Crippen molar-refractivity contribution in [3.63, 3.8) is 0 Å². The summed E-state index contributed by atoms with van der Waals surface area (Å²) in [6.07, 6.45) is 4.86. The van der Waals surface area contributed by atoms with E-state index in [1.165, 1.54) is 25.7 Å². The maximum atomic E-state index is 11.4. The van der Waals surface area contributed by atoms with Crippen molar-refractivity contribution >= 4 is 11.7 Å². The molecule has 3 rings (SSSR count). The molecular formula is C15H22N4O. The van der Waals surface area contributed by atoms with Crippen LogP contribution in [0.15, 0.2) is 12.1 Å². The second-order valence-electron chi connectivity index (χ2n) is 5.83. The molecule has 0 saturated carbocycles. The summed E-state index contributed by atoms with van der Waals surface area (Å²) in [5, 5.41) is 3.59. The molecule has 0 radical (unpaired) electrons. The molecule has 20 heavy (non-hydrogen) atoms. The highest BCUT2D eigenvalue weighted by Gasteiger charge is 2.34. The molecule has 1 aromatic rings. The van der Waals surface area contributed by atoms with Crippen molar-refractivity contribution in [3.8, 4) is 0 Å². The minimum absolute atomic E-state index is 0.383. The van der Waals surface area contributed by atoms with Crippen LogP contribution in [0.25, 0.3) is 0 Å². The first kappa shape index (κ1) is 13.4. The predicted octanol–water partition coefficient (Wildman–Crippen LogP) is 1.21. The van der Waals surface area contributed by atoms with Crippen molar-refractivity contribution in [3.05, 3.63) is 23.4 Å². The number of aryl methyl sites for hydroxylation is 1. The maximum Gasteiger partial charge on any atom is 0.248 e. The molecule has 2 saturated heterocycles. The Balaban J connectivity index is 1.88. The predicted molar refractivity (Wildman–Crippen MR) is 78.9 cm³/mol. The molecular weight excluding hydrogens is 252 g/mol. The smallest absolute Gasteiger partial charge is 0.248 e. The molecule has 2 fully saturated rings. The SMILES string of the molecule is Cc1cc(C(N)=O)cc(N2CCCC2C2CCCN2)n1. The van der Waals surface area contributed by atoms with E-state index in [-0.39, 0.29) is 5.91 Å². The van der Waals surface area contributed by atoms with Crippen LogP contribution in [0.4, 0.5) is 5.82 Å². The number of primary amides is 1. The largest absolute Gasteiger partial charge is 0.366 e. The Hall–Kier alpha value is -1.62. The van der Waals surface area contributed by atoms with Gasteiger partial charge in [0.2, 0.25) is 5.91 Å². The minimum Gasteiger partial charge on any atom is -0.366 e. The zero-order chi connectivity index (χ0) is 14.1. The fourth-order valence-corrected chi connectivity index (χ4v) is 3.48. The normalized spacial score (nSPS) is 26.1. The van der Waals surface area contributed by atoms with E-state index < -0.39 is 0 Å². The molecule has 3 heterocycles. The molecule has 1 aromatic heterocycles. The van der Waals surface area contributed by atoms with Gasteiger partial charge in [0, 0.05) is 29.9 Å². The summed E-state index contributed by atoms with van der Waals surface area (Å²) >= 11 is 0. The first-order chi connectivity index (χ1) is 9.65. The topological polar surface area (TPSA) is 71.2 Å². The van der Waals surface area contributed by atoms with E-state index >= 15 is 0 Å². The first-order valence-electron chi connectivity index (χ1n) is 7.43. The Morgan fingerprint density at radius 2 is 2.25 bits per heavy atom. The third-order valence-electron chi connectivity index (χ3n) is 4.38. The summed E-state index contributed by atoms with van der Waals surface area (Å²) in [5.74, 6) is 0.515. The van der Waals surface area contributed by atoms with E-state index in [1.54, 1.807) is 6.07 Å². The third-order valence-corrected chi connectivity index (χ3v) is 4.38. The molecule has 108 valence electrons. The average molecular weight is 274 g/mol. The molecule has 0 spiro atoms. The molecule has 2 aliphatic heterocycles. The lowest BCUT2D eigenvalue weighted by atomic mass is 10.0. The fourth-order valence-electron chi connectivity index (χ4n) is 3.48. The van der Waals surface area contributed by atoms with E-state index in [4.69, 9.17) is 5.73 Å². The van der Waals surface area contributed by atoms with Gasteiger partial charge in [0.25, 0.3) is 0 Å². The minimum atomic E-state index is -0.383. The lowest BCUT2D eigenvalue weighted by Gasteiger charge is -2.30. The average Bonchev–Trinajstić information content (AvgIpc) is 3.08. The van der Waals surface area contributed by atoms with Crippen LogP contribution >= 0.6 is 0 Å². The van der Waals surface area contributed by atoms with Gasteiger partial charge in [0.1, 0.15) is 5.82 Å².